The van der Waals surface area contributed by atoms with E-state index in [9.17, 15) is 4.79 Å². The third kappa shape index (κ3) is 2.96. The van der Waals surface area contributed by atoms with Gasteiger partial charge >= 0.3 is 0 Å². The highest BCUT2D eigenvalue weighted by Crippen LogP contribution is 2.30. The molecule has 1 saturated carbocycles. The Kier molecular flexibility index (Phi) is 3.27. The molecular weight excluding hydrogens is 204 g/mol. The van der Waals surface area contributed by atoms with Gasteiger partial charge in [-0.1, -0.05) is 18.2 Å². The van der Waals surface area contributed by atoms with Gasteiger partial charge in [0.05, 0.1) is 0 Å². The van der Waals surface area contributed by atoms with Crippen LogP contribution in [0.4, 0.5) is 0 Å². The zero-order chi connectivity index (χ0) is 10.7. The minimum Gasteiger partial charge on any atom is -0.295 e. The average Bonchev–Trinajstić information content (AvgIpc) is 3.10. The maximum atomic E-state index is 11.4. The molecule has 0 heterocycles. The Morgan fingerprint density at radius 1 is 1.33 bits per heavy atom. The molecular formula is C13H14OS. The molecule has 0 amide bonds. The molecule has 78 valence electrons. The third-order valence-electron chi connectivity index (χ3n) is 2.54. The van der Waals surface area contributed by atoms with Crippen molar-refractivity contribution in [2.24, 2.45) is 5.92 Å². The smallest absolute Gasteiger partial charge is 0.158 e. The highest BCUT2D eigenvalue weighted by Gasteiger charge is 2.27. The van der Waals surface area contributed by atoms with E-state index in [0.717, 1.165) is 18.4 Å². The van der Waals surface area contributed by atoms with Gasteiger partial charge in [-0.3, -0.25) is 4.79 Å². The van der Waals surface area contributed by atoms with Crippen molar-refractivity contribution in [2.75, 3.05) is 6.26 Å². The molecule has 2 heteroatoms. The van der Waals surface area contributed by atoms with Crippen molar-refractivity contribution in [2.45, 2.75) is 17.7 Å². The third-order valence-corrected chi connectivity index (χ3v) is 3.28. The van der Waals surface area contributed by atoms with E-state index < -0.39 is 0 Å². The predicted octanol–water partition coefficient (Wildman–Crippen LogP) is 3.40. The Bertz CT molecular complexity index is 374. The molecule has 1 nitrogen and oxygen atoms in total. The van der Waals surface area contributed by atoms with Gasteiger partial charge in [0.2, 0.25) is 0 Å². The topological polar surface area (TPSA) is 17.1 Å². The van der Waals surface area contributed by atoms with Gasteiger partial charge in [0.1, 0.15) is 0 Å². The first kappa shape index (κ1) is 10.5. The summed E-state index contributed by atoms with van der Waals surface area (Å²) in [6, 6.07) is 8.24. The minimum atomic E-state index is 0.281. The van der Waals surface area contributed by atoms with Crippen LogP contribution in [0.25, 0.3) is 6.08 Å². The number of benzene rings is 1. The van der Waals surface area contributed by atoms with Crippen LogP contribution in [0.3, 0.4) is 0 Å². The maximum absolute atomic E-state index is 11.4. The Balaban J connectivity index is 2.00. The Morgan fingerprint density at radius 2 is 2.00 bits per heavy atom. The SMILES string of the molecule is CSc1ccc(/C=C/C(=O)C2CC2)cc1. The molecule has 1 aliphatic rings. The molecule has 0 N–H and O–H groups in total. The molecule has 2 rings (SSSR count). The molecule has 0 spiro atoms. The van der Waals surface area contributed by atoms with E-state index in [0.29, 0.717) is 5.92 Å². The fourth-order valence-electron chi connectivity index (χ4n) is 1.40. The molecule has 1 aliphatic carbocycles. The molecule has 1 aromatic carbocycles. The highest BCUT2D eigenvalue weighted by atomic mass is 32.2. The van der Waals surface area contributed by atoms with E-state index in [4.69, 9.17) is 0 Å². The van der Waals surface area contributed by atoms with Gasteiger partial charge in [0, 0.05) is 10.8 Å². The van der Waals surface area contributed by atoms with Crippen molar-refractivity contribution in [1.82, 2.24) is 0 Å². The minimum absolute atomic E-state index is 0.281. The van der Waals surface area contributed by atoms with Gasteiger partial charge in [-0.2, -0.15) is 0 Å². The summed E-state index contributed by atoms with van der Waals surface area (Å²) in [4.78, 5) is 12.7. The van der Waals surface area contributed by atoms with Gasteiger partial charge < -0.3 is 0 Å². The van der Waals surface area contributed by atoms with Crippen molar-refractivity contribution < 1.29 is 4.79 Å². The van der Waals surface area contributed by atoms with Crippen LogP contribution in [0, 0.1) is 5.92 Å². The van der Waals surface area contributed by atoms with Crippen LogP contribution in [0.2, 0.25) is 0 Å². The van der Waals surface area contributed by atoms with Crippen LogP contribution < -0.4 is 0 Å². The standard InChI is InChI=1S/C13H14OS/c1-15-12-7-2-10(3-8-12)4-9-13(14)11-5-6-11/h2-4,7-9,11H,5-6H2,1H3/b9-4+. The van der Waals surface area contributed by atoms with Crippen LogP contribution in [0.1, 0.15) is 18.4 Å². The van der Waals surface area contributed by atoms with E-state index in [1.54, 1.807) is 17.8 Å². The average molecular weight is 218 g/mol. The second-order valence-corrected chi connectivity index (χ2v) is 4.66. The second-order valence-electron chi connectivity index (χ2n) is 3.78. The molecule has 0 unspecified atom stereocenters. The second kappa shape index (κ2) is 4.67. The number of carbonyl (C=O) groups is 1. The molecule has 1 aromatic rings. The number of thioether (sulfide) groups is 1. The largest absolute Gasteiger partial charge is 0.295 e. The van der Waals surface area contributed by atoms with Crippen molar-refractivity contribution >= 4 is 23.6 Å². The van der Waals surface area contributed by atoms with E-state index >= 15 is 0 Å². The summed E-state index contributed by atoms with van der Waals surface area (Å²) in [5.41, 5.74) is 1.10. The quantitative estimate of drug-likeness (QED) is 0.569. The Hall–Kier alpha value is -1.02. The van der Waals surface area contributed by atoms with Crippen molar-refractivity contribution in [3.8, 4) is 0 Å². The number of rotatable bonds is 4. The maximum Gasteiger partial charge on any atom is 0.158 e. The molecule has 15 heavy (non-hydrogen) atoms. The molecule has 0 radical (unpaired) electrons. The summed E-state index contributed by atoms with van der Waals surface area (Å²) in [5, 5.41) is 0. The fourth-order valence-corrected chi connectivity index (χ4v) is 1.81. The summed E-state index contributed by atoms with van der Waals surface area (Å²) in [6.07, 6.45) is 7.83. The van der Waals surface area contributed by atoms with Gasteiger partial charge in [0.25, 0.3) is 0 Å². The Morgan fingerprint density at radius 3 is 2.53 bits per heavy atom. The summed E-state index contributed by atoms with van der Waals surface area (Å²) in [6.45, 7) is 0. The van der Waals surface area contributed by atoms with Crippen LogP contribution in [0.15, 0.2) is 35.2 Å². The van der Waals surface area contributed by atoms with Gasteiger partial charge in [0.15, 0.2) is 5.78 Å². The Labute approximate surface area is 94.6 Å². The number of allylic oxidation sites excluding steroid dienone is 1. The van der Waals surface area contributed by atoms with Crippen molar-refractivity contribution in [3.63, 3.8) is 0 Å². The first-order valence-electron chi connectivity index (χ1n) is 5.15. The molecule has 0 atom stereocenters. The van der Waals surface area contributed by atoms with E-state index in [1.165, 1.54) is 4.90 Å². The summed E-state index contributed by atoms with van der Waals surface area (Å²) < 4.78 is 0. The summed E-state index contributed by atoms with van der Waals surface area (Å²) in [5.74, 6) is 0.607. The van der Waals surface area contributed by atoms with Crippen LogP contribution in [-0.2, 0) is 4.79 Å². The first-order chi connectivity index (χ1) is 7.29. The molecule has 0 saturated heterocycles. The van der Waals surface area contributed by atoms with E-state index in [-0.39, 0.29) is 5.78 Å². The number of carbonyl (C=O) groups excluding carboxylic acids is 1. The van der Waals surface area contributed by atoms with Crippen LogP contribution >= 0.6 is 11.8 Å². The molecule has 0 aromatic heterocycles. The highest BCUT2D eigenvalue weighted by molar-refractivity contribution is 7.98. The lowest BCUT2D eigenvalue weighted by molar-refractivity contribution is -0.115. The number of hydrogen-bond donors (Lipinski definition) is 0. The molecule has 0 bridgehead atoms. The van der Waals surface area contributed by atoms with Gasteiger partial charge in [-0.25, -0.2) is 0 Å². The predicted molar refractivity (Wildman–Crippen MR) is 65.0 cm³/mol. The van der Waals surface area contributed by atoms with Crippen LogP contribution in [-0.4, -0.2) is 12.0 Å². The van der Waals surface area contributed by atoms with Crippen molar-refractivity contribution in [3.05, 3.63) is 35.9 Å². The van der Waals surface area contributed by atoms with Crippen LogP contribution in [0.5, 0.6) is 0 Å². The molecule has 1 fully saturated rings. The summed E-state index contributed by atoms with van der Waals surface area (Å²) in [7, 11) is 0. The monoisotopic (exact) mass is 218 g/mol. The normalized spacial score (nSPS) is 15.8. The van der Waals surface area contributed by atoms with E-state index in [2.05, 4.69) is 18.4 Å². The number of ketones is 1. The van der Waals surface area contributed by atoms with Gasteiger partial charge in [-0.15, -0.1) is 11.8 Å². The molecule has 0 aliphatic heterocycles. The van der Waals surface area contributed by atoms with Crippen molar-refractivity contribution in [1.29, 1.82) is 0 Å². The van der Waals surface area contributed by atoms with Gasteiger partial charge in [-0.05, 0) is 42.9 Å². The lowest BCUT2D eigenvalue weighted by atomic mass is 10.1. The summed E-state index contributed by atoms with van der Waals surface area (Å²) >= 11 is 1.73. The van der Waals surface area contributed by atoms with E-state index in [1.807, 2.05) is 18.2 Å². The number of hydrogen-bond acceptors (Lipinski definition) is 2. The zero-order valence-electron chi connectivity index (χ0n) is 8.77. The fraction of sp³-hybridized carbons (Fsp3) is 0.308. The lowest BCUT2D eigenvalue weighted by Gasteiger charge is -1.96. The lowest BCUT2D eigenvalue weighted by Crippen LogP contribution is -1.93. The zero-order valence-corrected chi connectivity index (χ0v) is 9.59. The first-order valence-corrected chi connectivity index (χ1v) is 6.38.